The highest BCUT2D eigenvalue weighted by Crippen LogP contribution is 2.24. The number of phenolic OH excluding ortho intramolecular Hbond substituents is 1. The average molecular weight is 301 g/mol. The van der Waals surface area contributed by atoms with Gasteiger partial charge in [0.25, 0.3) is 5.91 Å². The zero-order valence-electron chi connectivity index (χ0n) is 11.9. The van der Waals surface area contributed by atoms with E-state index in [2.05, 4.69) is 5.32 Å². The molecule has 0 unspecified atom stereocenters. The van der Waals surface area contributed by atoms with Gasteiger partial charge in [0.1, 0.15) is 11.5 Å². The summed E-state index contributed by atoms with van der Waals surface area (Å²) in [5.41, 5.74) is 0.996. The van der Waals surface area contributed by atoms with Crippen LogP contribution in [0.15, 0.2) is 42.5 Å². The lowest BCUT2D eigenvalue weighted by molar-refractivity contribution is -0.118. The largest absolute Gasteiger partial charge is 0.506 e. The van der Waals surface area contributed by atoms with Crippen molar-refractivity contribution in [2.24, 2.45) is 0 Å². The van der Waals surface area contributed by atoms with Crippen LogP contribution in [0, 0.1) is 6.92 Å². The normalized spacial score (nSPS) is 10.0. The van der Waals surface area contributed by atoms with E-state index in [9.17, 15) is 14.7 Å². The molecule has 0 heterocycles. The van der Waals surface area contributed by atoms with E-state index in [1.165, 1.54) is 18.2 Å². The molecule has 0 aliphatic heterocycles. The lowest BCUT2D eigenvalue weighted by Gasteiger charge is -2.10. The highest BCUT2D eigenvalue weighted by atomic mass is 16.5. The van der Waals surface area contributed by atoms with Crippen LogP contribution in [0.3, 0.4) is 0 Å². The molecule has 0 fully saturated rings. The summed E-state index contributed by atoms with van der Waals surface area (Å²) >= 11 is 0. The summed E-state index contributed by atoms with van der Waals surface area (Å²) in [5, 5.41) is 20.9. The summed E-state index contributed by atoms with van der Waals surface area (Å²) in [5.74, 6) is -1.31. The van der Waals surface area contributed by atoms with E-state index in [1.807, 2.05) is 19.1 Å². The number of anilines is 1. The predicted molar refractivity (Wildman–Crippen MR) is 80.4 cm³/mol. The fourth-order valence-electron chi connectivity index (χ4n) is 1.81. The molecule has 2 aromatic carbocycles. The van der Waals surface area contributed by atoms with Crippen molar-refractivity contribution >= 4 is 17.6 Å². The number of hydrogen-bond donors (Lipinski definition) is 3. The number of amides is 1. The van der Waals surface area contributed by atoms with E-state index in [-0.39, 0.29) is 23.6 Å². The topological polar surface area (TPSA) is 95.9 Å². The summed E-state index contributed by atoms with van der Waals surface area (Å²) in [6.07, 6.45) is 0. The number of aromatic carboxylic acids is 1. The van der Waals surface area contributed by atoms with Gasteiger partial charge in [-0.2, -0.15) is 0 Å². The Hall–Kier alpha value is -3.02. The highest BCUT2D eigenvalue weighted by molar-refractivity contribution is 5.96. The van der Waals surface area contributed by atoms with Crippen molar-refractivity contribution in [2.45, 2.75) is 6.92 Å². The molecule has 114 valence electrons. The zero-order chi connectivity index (χ0) is 16.1. The molecule has 22 heavy (non-hydrogen) atoms. The van der Waals surface area contributed by atoms with Crippen molar-refractivity contribution in [3.8, 4) is 11.5 Å². The van der Waals surface area contributed by atoms with Crippen LogP contribution in [0.4, 0.5) is 5.69 Å². The first-order chi connectivity index (χ1) is 10.5. The maximum absolute atomic E-state index is 11.8. The monoisotopic (exact) mass is 301 g/mol. The third-order valence-electron chi connectivity index (χ3n) is 2.88. The lowest BCUT2D eigenvalue weighted by atomic mass is 10.2. The van der Waals surface area contributed by atoms with Crippen LogP contribution in [-0.2, 0) is 4.79 Å². The third kappa shape index (κ3) is 3.99. The van der Waals surface area contributed by atoms with Gasteiger partial charge in [-0.15, -0.1) is 0 Å². The number of ether oxygens (including phenoxy) is 1. The maximum Gasteiger partial charge on any atom is 0.335 e. The van der Waals surface area contributed by atoms with Crippen molar-refractivity contribution in [1.82, 2.24) is 0 Å². The van der Waals surface area contributed by atoms with Crippen LogP contribution < -0.4 is 10.1 Å². The number of hydrogen-bond acceptors (Lipinski definition) is 4. The second-order valence-electron chi connectivity index (χ2n) is 4.69. The number of rotatable bonds is 5. The summed E-state index contributed by atoms with van der Waals surface area (Å²) < 4.78 is 5.33. The summed E-state index contributed by atoms with van der Waals surface area (Å²) in [4.78, 5) is 22.7. The zero-order valence-corrected chi connectivity index (χ0v) is 11.9. The summed E-state index contributed by atoms with van der Waals surface area (Å²) in [7, 11) is 0. The van der Waals surface area contributed by atoms with Crippen molar-refractivity contribution in [2.75, 3.05) is 11.9 Å². The van der Waals surface area contributed by atoms with Crippen LogP contribution in [0.1, 0.15) is 15.9 Å². The Morgan fingerprint density at radius 2 is 1.95 bits per heavy atom. The minimum atomic E-state index is -1.15. The fourth-order valence-corrected chi connectivity index (χ4v) is 1.81. The Morgan fingerprint density at radius 3 is 2.64 bits per heavy atom. The lowest BCUT2D eigenvalue weighted by Crippen LogP contribution is -2.20. The van der Waals surface area contributed by atoms with Gasteiger partial charge in [0.15, 0.2) is 6.61 Å². The molecule has 2 aromatic rings. The van der Waals surface area contributed by atoms with Crippen molar-refractivity contribution < 1.29 is 24.5 Å². The third-order valence-corrected chi connectivity index (χ3v) is 2.88. The Labute approximate surface area is 127 Å². The van der Waals surface area contributed by atoms with Crippen LogP contribution in [0.2, 0.25) is 0 Å². The summed E-state index contributed by atoms with van der Waals surface area (Å²) in [6.45, 7) is 1.66. The molecule has 0 aromatic heterocycles. The molecule has 1 amide bonds. The molecule has 0 saturated carbocycles. The van der Waals surface area contributed by atoms with Crippen LogP contribution in [0.5, 0.6) is 11.5 Å². The van der Waals surface area contributed by atoms with Crippen LogP contribution in [-0.4, -0.2) is 28.7 Å². The van der Waals surface area contributed by atoms with Crippen LogP contribution >= 0.6 is 0 Å². The van der Waals surface area contributed by atoms with E-state index in [0.29, 0.717) is 5.75 Å². The molecule has 6 nitrogen and oxygen atoms in total. The number of nitrogens with one attached hydrogen (secondary N) is 1. The molecule has 0 bridgehead atoms. The van der Waals surface area contributed by atoms with Gasteiger partial charge in [-0.25, -0.2) is 4.79 Å². The number of carboxylic acids is 1. The van der Waals surface area contributed by atoms with E-state index in [0.717, 1.165) is 5.56 Å². The van der Waals surface area contributed by atoms with Gasteiger partial charge in [0.2, 0.25) is 0 Å². The molecule has 0 spiro atoms. The number of benzene rings is 2. The minimum Gasteiger partial charge on any atom is -0.506 e. The first-order valence-corrected chi connectivity index (χ1v) is 6.51. The molecule has 0 aliphatic rings. The van der Waals surface area contributed by atoms with E-state index in [1.54, 1.807) is 12.1 Å². The Morgan fingerprint density at radius 1 is 1.18 bits per heavy atom. The number of aryl methyl sites for hydroxylation is 1. The molecule has 6 heteroatoms. The molecule has 0 radical (unpaired) electrons. The molecule has 0 atom stereocenters. The number of carboxylic acid groups (broad SMARTS) is 1. The van der Waals surface area contributed by atoms with Gasteiger partial charge in [-0.05, 0) is 42.8 Å². The van der Waals surface area contributed by atoms with E-state index < -0.39 is 11.9 Å². The van der Waals surface area contributed by atoms with E-state index >= 15 is 0 Å². The van der Waals surface area contributed by atoms with Crippen molar-refractivity contribution in [3.05, 3.63) is 53.6 Å². The fraction of sp³-hybridized carbons (Fsp3) is 0.125. The Kier molecular flexibility index (Phi) is 4.63. The molecule has 0 saturated heterocycles. The van der Waals surface area contributed by atoms with Crippen molar-refractivity contribution in [3.63, 3.8) is 0 Å². The molecular weight excluding hydrogens is 286 g/mol. The first kappa shape index (κ1) is 15.4. The van der Waals surface area contributed by atoms with Gasteiger partial charge in [-0.1, -0.05) is 12.1 Å². The van der Waals surface area contributed by atoms with E-state index in [4.69, 9.17) is 9.84 Å². The Balaban J connectivity index is 2.00. The van der Waals surface area contributed by atoms with Gasteiger partial charge in [0.05, 0.1) is 11.3 Å². The second kappa shape index (κ2) is 6.62. The van der Waals surface area contributed by atoms with Crippen molar-refractivity contribution in [1.29, 1.82) is 0 Å². The van der Waals surface area contributed by atoms with Gasteiger partial charge < -0.3 is 20.3 Å². The molecular formula is C16H15NO5. The molecule has 3 N–H and O–H groups in total. The number of carbonyl (C=O) groups excluding carboxylic acids is 1. The second-order valence-corrected chi connectivity index (χ2v) is 4.69. The summed E-state index contributed by atoms with van der Waals surface area (Å²) in [6, 6.07) is 10.9. The smallest absolute Gasteiger partial charge is 0.335 e. The van der Waals surface area contributed by atoms with Gasteiger partial charge in [0, 0.05) is 0 Å². The maximum atomic E-state index is 11.8. The average Bonchev–Trinajstić information content (AvgIpc) is 2.47. The highest BCUT2D eigenvalue weighted by Gasteiger charge is 2.11. The van der Waals surface area contributed by atoms with Crippen LogP contribution in [0.25, 0.3) is 0 Å². The number of phenols is 1. The molecule has 0 aliphatic carbocycles. The number of aromatic hydroxyl groups is 1. The Bertz CT molecular complexity index is 711. The number of carbonyl (C=O) groups is 2. The van der Waals surface area contributed by atoms with Gasteiger partial charge >= 0.3 is 5.97 Å². The van der Waals surface area contributed by atoms with Gasteiger partial charge in [-0.3, -0.25) is 4.79 Å². The molecule has 2 rings (SSSR count). The SMILES string of the molecule is Cc1cccc(OCC(=O)Nc2cc(C(=O)O)ccc2O)c1. The first-order valence-electron chi connectivity index (χ1n) is 6.51. The minimum absolute atomic E-state index is 0.0257. The standard InChI is InChI=1S/C16H15NO5/c1-10-3-2-4-12(7-10)22-9-15(19)17-13-8-11(16(20)21)5-6-14(13)18/h2-8,18H,9H2,1H3,(H,17,19)(H,20,21). The quantitative estimate of drug-likeness (QED) is 0.737. The predicted octanol–water partition coefficient (Wildman–Crippen LogP) is 2.42.